The van der Waals surface area contributed by atoms with Gasteiger partial charge >= 0.3 is 0 Å². The van der Waals surface area contributed by atoms with Gasteiger partial charge in [0.2, 0.25) is 0 Å². The minimum absolute atomic E-state index is 0.584. The second-order valence-electron chi connectivity index (χ2n) is 5.67. The summed E-state index contributed by atoms with van der Waals surface area (Å²) in [6, 6.07) is 5.45. The van der Waals surface area contributed by atoms with Crippen molar-refractivity contribution in [2.24, 2.45) is 11.8 Å². The average Bonchev–Trinajstić information content (AvgIpc) is 3.00. The fourth-order valence-corrected chi connectivity index (χ4v) is 3.29. The molecule has 3 rings (SSSR count). The van der Waals surface area contributed by atoms with Gasteiger partial charge in [0.1, 0.15) is 0 Å². The molecule has 0 spiro atoms. The maximum absolute atomic E-state index is 6.24. The van der Waals surface area contributed by atoms with Crippen molar-refractivity contribution in [3.05, 3.63) is 23.2 Å². The number of nitrogens with zero attached hydrogens (tertiary/aromatic N) is 4. The molecule has 1 aliphatic rings. The van der Waals surface area contributed by atoms with Gasteiger partial charge in [0, 0.05) is 12.2 Å². The predicted molar refractivity (Wildman–Crippen MR) is 79.2 cm³/mol. The first-order valence-electron chi connectivity index (χ1n) is 6.95. The van der Waals surface area contributed by atoms with E-state index in [4.69, 9.17) is 17.3 Å². The topological polar surface area (TPSA) is 69.6 Å². The third-order valence-electron chi connectivity index (χ3n) is 4.04. The van der Waals surface area contributed by atoms with Gasteiger partial charge in [-0.25, -0.2) is 4.68 Å². The molecule has 6 heteroatoms. The van der Waals surface area contributed by atoms with Crippen LogP contribution >= 0.6 is 11.6 Å². The van der Waals surface area contributed by atoms with E-state index < -0.39 is 0 Å². The summed E-state index contributed by atoms with van der Waals surface area (Å²) in [7, 11) is 0. The summed E-state index contributed by atoms with van der Waals surface area (Å²) >= 11 is 6.24. The number of tetrazole rings is 1. The molecule has 20 heavy (non-hydrogen) atoms. The highest BCUT2D eigenvalue weighted by Crippen LogP contribution is 2.34. The summed E-state index contributed by atoms with van der Waals surface area (Å²) in [5.41, 5.74) is 7.35. The van der Waals surface area contributed by atoms with Crippen LogP contribution in [0.2, 0.25) is 5.02 Å². The van der Waals surface area contributed by atoms with E-state index in [1.165, 1.54) is 19.3 Å². The van der Waals surface area contributed by atoms with E-state index in [0.29, 0.717) is 22.5 Å². The lowest BCUT2D eigenvalue weighted by Crippen LogP contribution is -2.11. The molecule has 2 aromatic rings. The van der Waals surface area contributed by atoms with Gasteiger partial charge < -0.3 is 5.73 Å². The van der Waals surface area contributed by atoms with Crippen molar-refractivity contribution in [3.63, 3.8) is 0 Å². The SMILES string of the molecule is CC1CCC(Cn2nnnc2-c2c(N)cccc2Cl)C1. The molecule has 0 bridgehead atoms. The van der Waals surface area contributed by atoms with Crippen molar-refractivity contribution in [1.29, 1.82) is 0 Å². The maximum Gasteiger partial charge on any atom is 0.185 e. The van der Waals surface area contributed by atoms with Crippen LogP contribution in [0.1, 0.15) is 26.2 Å². The molecular formula is C14H18ClN5. The molecule has 5 nitrogen and oxygen atoms in total. The Kier molecular flexibility index (Phi) is 3.61. The monoisotopic (exact) mass is 291 g/mol. The van der Waals surface area contributed by atoms with Gasteiger partial charge in [-0.15, -0.1) is 5.10 Å². The number of aromatic nitrogens is 4. The van der Waals surface area contributed by atoms with E-state index in [1.807, 2.05) is 22.9 Å². The van der Waals surface area contributed by atoms with Gasteiger partial charge in [0.25, 0.3) is 0 Å². The molecular weight excluding hydrogens is 274 g/mol. The van der Waals surface area contributed by atoms with Crippen molar-refractivity contribution in [2.75, 3.05) is 5.73 Å². The van der Waals surface area contributed by atoms with Gasteiger partial charge in [0.05, 0.1) is 10.6 Å². The zero-order valence-electron chi connectivity index (χ0n) is 11.5. The second-order valence-corrected chi connectivity index (χ2v) is 6.08. The van der Waals surface area contributed by atoms with Crippen LogP contribution in [0, 0.1) is 11.8 Å². The molecule has 2 atom stereocenters. The fourth-order valence-electron chi connectivity index (χ4n) is 3.02. The van der Waals surface area contributed by atoms with Gasteiger partial charge in [0.15, 0.2) is 5.82 Å². The largest absolute Gasteiger partial charge is 0.398 e. The van der Waals surface area contributed by atoms with E-state index in [9.17, 15) is 0 Å². The summed E-state index contributed by atoms with van der Waals surface area (Å²) in [5, 5.41) is 12.6. The van der Waals surface area contributed by atoms with Crippen LogP contribution in [-0.4, -0.2) is 20.2 Å². The van der Waals surface area contributed by atoms with Gasteiger partial charge in [-0.05, 0) is 47.2 Å². The Bertz CT molecular complexity index is 589. The van der Waals surface area contributed by atoms with Crippen LogP contribution in [-0.2, 0) is 6.54 Å². The number of hydrogen-bond acceptors (Lipinski definition) is 4. The zero-order valence-corrected chi connectivity index (χ0v) is 12.2. The van der Waals surface area contributed by atoms with E-state index >= 15 is 0 Å². The van der Waals surface area contributed by atoms with E-state index in [2.05, 4.69) is 22.4 Å². The molecule has 0 saturated heterocycles. The average molecular weight is 292 g/mol. The van der Waals surface area contributed by atoms with Crippen LogP contribution in [0.15, 0.2) is 18.2 Å². The molecule has 1 aliphatic carbocycles. The van der Waals surface area contributed by atoms with Crippen molar-refractivity contribution < 1.29 is 0 Å². The quantitative estimate of drug-likeness (QED) is 0.883. The second kappa shape index (κ2) is 5.40. The molecule has 1 heterocycles. The number of nitrogens with two attached hydrogens (primary N) is 1. The van der Waals surface area contributed by atoms with Gasteiger partial charge in [-0.2, -0.15) is 0 Å². The third-order valence-corrected chi connectivity index (χ3v) is 4.35. The van der Waals surface area contributed by atoms with Crippen LogP contribution in [0.25, 0.3) is 11.4 Å². The molecule has 0 aliphatic heterocycles. The fraction of sp³-hybridized carbons (Fsp3) is 0.500. The molecule has 2 N–H and O–H groups in total. The maximum atomic E-state index is 6.24. The Labute approximate surface area is 123 Å². The van der Waals surface area contributed by atoms with Crippen molar-refractivity contribution in [1.82, 2.24) is 20.2 Å². The molecule has 1 fully saturated rings. The zero-order chi connectivity index (χ0) is 14.1. The molecule has 1 aromatic carbocycles. The number of halogens is 1. The highest BCUT2D eigenvalue weighted by atomic mass is 35.5. The van der Waals surface area contributed by atoms with E-state index in [0.717, 1.165) is 18.0 Å². The van der Waals surface area contributed by atoms with E-state index in [1.54, 1.807) is 0 Å². The summed E-state index contributed by atoms with van der Waals surface area (Å²) < 4.78 is 1.83. The van der Waals surface area contributed by atoms with Crippen LogP contribution in [0.3, 0.4) is 0 Å². The number of hydrogen-bond donors (Lipinski definition) is 1. The highest BCUT2D eigenvalue weighted by Gasteiger charge is 2.24. The number of benzene rings is 1. The standard InChI is InChI=1S/C14H18ClN5/c1-9-5-6-10(7-9)8-20-14(17-18-19-20)13-11(15)3-2-4-12(13)16/h2-4,9-10H,5-8,16H2,1H3. The lowest BCUT2D eigenvalue weighted by atomic mass is 10.1. The molecule has 0 radical (unpaired) electrons. The van der Waals surface area contributed by atoms with Gasteiger partial charge in [-0.1, -0.05) is 31.0 Å². The van der Waals surface area contributed by atoms with Crippen LogP contribution in [0.4, 0.5) is 5.69 Å². The molecule has 106 valence electrons. The van der Waals surface area contributed by atoms with E-state index in [-0.39, 0.29) is 0 Å². The third kappa shape index (κ3) is 2.50. The lowest BCUT2D eigenvalue weighted by molar-refractivity contribution is 0.412. The number of nitrogen functional groups attached to an aromatic ring is 1. The molecule has 1 aromatic heterocycles. The van der Waals surface area contributed by atoms with Crippen molar-refractivity contribution in [2.45, 2.75) is 32.7 Å². The first kappa shape index (κ1) is 13.4. The Balaban J connectivity index is 1.90. The minimum atomic E-state index is 0.584. The molecule has 0 amide bonds. The Morgan fingerprint density at radius 2 is 2.25 bits per heavy atom. The minimum Gasteiger partial charge on any atom is -0.398 e. The number of rotatable bonds is 3. The van der Waals surface area contributed by atoms with Gasteiger partial charge in [-0.3, -0.25) is 0 Å². The predicted octanol–water partition coefficient (Wildman–Crippen LogP) is 3.01. The molecule has 1 saturated carbocycles. The summed E-state index contributed by atoms with van der Waals surface area (Å²) in [6.45, 7) is 3.13. The normalized spacial score (nSPS) is 22.3. The Morgan fingerprint density at radius 3 is 2.95 bits per heavy atom. The Hall–Kier alpha value is -1.62. The first-order valence-corrected chi connectivity index (χ1v) is 7.33. The summed E-state index contributed by atoms with van der Waals surface area (Å²) in [5.74, 6) is 2.09. The Morgan fingerprint density at radius 1 is 1.40 bits per heavy atom. The lowest BCUT2D eigenvalue weighted by Gasteiger charge is -2.12. The van der Waals surface area contributed by atoms with Crippen molar-refractivity contribution in [3.8, 4) is 11.4 Å². The smallest absolute Gasteiger partial charge is 0.185 e. The first-order chi connectivity index (χ1) is 9.65. The summed E-state index contributed by atoms with van der Waals surface area (Å²) in [6.07, 6.45) is 3.76. The summed E-state index contributed by atoms with van der Waals surface area (Å²) in [4.78, 5) is 0. The van der Waals surface area contributed by atoms with Crippen LogP contribution in [0.5, 0.6) is 0 Å². The van der Waals surface area contributed by atoms with Crippen molar-refractivity contribution >= 4 is 17.3 Å². The highest BCUT2D eigenvalue weighted by molar-refractivity contribution is 6.33. The molecule has 2 unspecified atom stereocenters. The number of anilines is 1. The van der Waals surface area contributed by atoms with Crippen LogP contribution < -0.4 is 5.73 Å².